The Morgan fingerprint density at radius 2 is 1.58 bits per heavy atom. The molecule has 3 aromatic rings. The number of nitrogens with zero attached hydrogens (tertiary/aromatic N) is 3. The molecule has 1 saturated heterocycles. The monoisotopic (exact) mass is 347 g/mol. The first-order valence-electron chi connectivity index (χ1n) is 8.76. The molecule has 132 valence electrons. The number of para-hydroxylation sites is 1. The summed E-state index contributed by atoms with van der Waals surface area (Å²) in [5.74, 6) is 1.54. The van der Waals surface area contributed by atoms with Gasteiger partial charge in [0.05, 0.1) is 31.7 Å². The number of methoxy groups -OCH3 is 1. The maximum Gasteiger partial charge on any atom is 0.226 e. The van der Waals surface area contributed by atoms with E-state index in [2.05, 4.69) is 17.0 Å². The number of benzene rings is 2. The lowest BCUT2D eigenvalue weighted by Crippen LogP contribution is -2.37. The Kier molecular flexibility index (Phi) is 4.80. The lowest BCUT2D eigenvalue weighted by Gasteiger charge is -2.27. The van der Waals surface area contributed by atoms with Crippen LogP contribution in [0.4, 0.5) is 5.95 Å². The van der Waals surface area contributed by atoms with Gasteiger partial charge in [-0.2, -0.15) is 0 Å². The minimum Gasteiger partial charge on any atom is -0.496 e. The SMILES string of the molecule is COc1ccccc1-c1cc(-c2ccccc2)nc(N2CCOCC2)n1. The summed E-state index contributed by atoms with van der Waals surface area (Å²) in [6.07, 6.45) is 0. The second-order valence-corrected chi connectivity index (χ2v) is 6.10. The van der Waals surface area contributed by atoms with Crippen LogP contribution in [0.3, 0.4) is 0 Å². The van der Waals surface area contributed by atoms with Gasteiger partial charge in [0.1, 0.15) is 5.75 Å². The van der Waals surface area contributed by atoms with Crippen LogP contribution in [0.25, 0.3) is 22.5 Å². The Morgan fingerprint density at radius 1 is 0.885 bits per heavy atom. The minimum absolute atomic E-state index is 0.697. The van der Waals surface area contributed by atoms with E-state index in [9.17, 15) is 0 Å². The molecule has 4 rings (SSSR count). The van der Waals surface area contributed by atoms with Crippen molar-refractivity contribution in [3.63, 3.8) is 0 Å². The summed E-state index contributed by atoms with van der Waals surface area (Å²) in [5, 5.41) is 0. The van der Waals surface area contributed by atoms with E-state index in [1.54, 1.807) is 7.11 Å². The maximum atomic E-state index is 5.54. The van der Waals surface area contributed by atoms with E-state index in [0.29, 0.717) is 13.2 Å². The molecule has 1 fully saturated rings. The van der Waals surface area contributed by atoms with Gasteiger partial charge < -0.3 is 14.4 Å². The zero-order valence-electron chi connectivity index (χ0n) is 14.8. The van der Waals surface area contributed by atoms with Crippen molar-refractivity contribution in [3.8, 4) is 28.3 Å². The number of hydrogen-bond acceptors (Lipinski definition) is 5. The quantitative estimate of drug-likeness (QED) is 0.721. The molecule has 0 amide bonds. The van der Waals surface area contributed by atoms with Crippen LogP contribution < -0.4 is 9.64 Å². The molecule has 1 aliphatic rings. The van der Waals surface area contributed by atoms with E-state index in [0.717, 1.165) is 47.3 Å². The fourth-order valence-electron chi connectivity index (χ4n) is 3.09. The predicted molar refractivity (Wildman–Crippen MR) is 102 cm³/mol. The predicted octanol–water partition coefficient (Wildman–Crippen LogP) is 3.66. The molecule has 0 bridgehead atoms. The molecule has 0 saturated carbocycles. The largest absolute Gasteiger partial charge is 0.496 e. The van der Waals surface area contributed by atoms with Gasteiger partial charge in [-0.1, -0.05) is 42.5 Å². The summed E-state index contributed by atoms with van der Waals surface area (Å²) < 4.78 is 11.0. The molecule has 2 heterocycles. The number of anilines is 1. The highest BCUT2D eigenvalue weighted by Crippen LogP contribution is 2.32. The van der Waals surface area contributed by atoms with E-state index < -0.39 is 0 Å². The molecule has 0 N–H and O–H groups in total. The Balaban J connectivity index is 1.85. The molecule has 1 aliphatic heterocycles. The molecular weight excluding hydrogens is 326 g/mol. The van der Waals surface area contributed by atoms with Gasteiger partial charge in [0.2, 0.25) is 5.95 Å². The Labute approximate surface area is 153 Å². The van der Waals surface area contributed by atoms with Crippen molar-refractivity contribution in [2.75, 3.05) is 38.3 Å². The molecule has 0 radical (unpaired) electrons. The van der Waals surface area contributed by atoms with Crippen molar-refractivity contribution in [2.24, 2.45) is 0 Å². The zero-order chi connectivity index (χ0) is 17.8. The summed E-state index contributed by atoms with van der Waals surface area (Å²) in [4.78, 5) is 11.8. The summed E-state index contributed by atoms with van der Waals surface area (Å²) >= 11 is 0. The summed E-state index contributed by atoms with van der Waals surface area (Å²) in [6, 6.07) is 20.2. The Hall–Kier alpha value is -2.92. The van der Waals surface area contributed by atoms with E-state index in [-0.39, 0.29) is 0 Å². The third kappa shape index (κ3) is 3.39. The van der Waals surface area contributed by atoms with E-state index >= 15 is 0 Å². The van der Waals surface area contributed by atoms with Crippen molar-refractivity contribution in [3.05, 3.63) is 60.7 Å². The normalized spacial score (nSPS) is 14.3. The molecule has 5 heteroatoms. The number of hydrogen-bond donors (Lipinski definition) is 0. The fraction of sp³-hybridized carbons (Fsp3) is 0.238. The van der Waals surface area contributed by atoms with Crippen LogP contribution in [0.15, 0.2) is 60.7 Å². The van der Waals surface area contributed by atoms with E-state index in [1.807, 2.05) is 48.5 Å². The topological polar surface area (TPSA) is 47.5 Å². The molecule has 1 aromatic heterocycles. The summed E-state index contributed by atoms with van der Waals surface area (Å²) in [7, 11) is 1.68. The summed E-state index contributed by atoms with van der Waals surface area (Å²) in [5.41, 5.74) is 3.80. The van der Waals surface area contributed by atoms with Gasteiger partial charge in [0.25, 0.3) is 0 Å². The number of aromatic nitrogens is 2. The average Bonchev–Trinajstić information content (AvgIpc) is 2.74. The Bertz CT molecular complexity index is 877. The fourth-order valence-corrected chi connectivity index (χ4v) is 3.09. The van der Waals surface area contributed by atoms with Crippen LogP contribution in [0.1, 0.15) is 0 Å². The molecule has 0 aliphatic carbocycles. The van der Waals surface area contributed by atoms with Crippen molar-refractivity contribution < 1.29 is 9.47 Å². The van der Waals surface area contributed by atoms with Crippen LogP contribution in [0, 0.1) is 0 Å². The lowest BCUT2D eigenvalue weighted by molar-refractivity contribution is 0.122. The van der Waals surface area contributed by atoms with Crippen molar-refractivity contribution >= 4 is 5.95 Å². The highest BCUT2D eigenvalue weighted by molar-refractivity contribution is 5.73. The van der Waals surface area contributed by atoms with Gasteiger partial charge >= 0.3 is 0 Å². The van der Waals surface area contributed by atoms with Crippen LogP contribution >= 0.6 is 0 Å². The first kappa shape index (κ1) is 16.5. The second-order valence-electron chi connectivity index (χ2n) is 6.10. The van der Waals surface area contributed by atoms with Crippen molar-refractivity contribution in [1.82, 2.24) is 9.97 Å². The third-order valence-corrected chi connectivity index (χ3v) is 4.46. The highest BCUT2D eigenvalue weighted by Gasteiger charge is 2.18. The van der Waals surface area contributed by atoms with Crippen LogP contribution in [0.5, 0.6) is 5.75 Å². The molecular formula is C21H21N3O2. The highest BCUT2D eigenvalue weighted by atomic mass is 16.5. The Morgan fingerprint density at radius 3 is 2.35 bits per heavy atom. The number of rotatable bonds is 4. The van der Waals surface area contributed by atoms with E-state index in [4.69, 9.17) is 19.4 Å². The van der Waals surface area contributed by atoms with Crippen LogP contribution in [0.2, 0.25) is 0 Å². The van der Waals surface area contributed by atoms with Crippen molar-refractivity contribution in [2.45, 2.75) is 0 Å². The van der Waals surface area contributed by atoms with Gasteiger partial charge in [0.15, 0.2) is 0 Å². The summed E-state index contributed by atoms with van der Waals surface area (Å²) in [6.45, 7) is 2.99. The first-order chi connectivity index (χ1) is 12.8. The number of morpholine rings is 1. The molecule has 0 unspecified atom stereocenters. The van der Waals surface area contributed by atoms with Gasteiger partial charge in [-0.05, 0) is 18.2 Å². The smallest absolute Gasteiger partial charge is 0.226 e. The van der Waals surface area contributed by atoms with Crippen LogP contribution in [-0.2, 0) is 4.74 Å². The second kappa shape index (κ2) is 7.54. The lowest BCUT2D eigenvalue weighted by atomic mass is 10.1. The van der Waals surface area contributed by atoms with Crippen LogP contribution in [-0.4, -0.2) is 43.4 Å². The molecule has 5 nitrogen and oxygen atoms in total. The third-order valence-electron chi connectivity index (χ3n) is 4.46. The van der Waals surface area contributed by atoms with Gasteiger partial charge in [0, 0.05) is 24.2 Å². The molecule has 26 heavy (non-hydrogen) atoms. The zero-order valence-corrected chi connectivity index (χ0v) is 14.8. The van der Waals surface area contributed by atoms with Gasteiger partial charge in [-0.3, -0.25) is 0 Å². The molecule has 0 atom stereocenters. The first-order valence-corrected chi connectivity index (χ1v) is 8.76. The van der Waals surface area contributed by atoms with Gasteiger partial charge in [-0.25, -0.2) is 9.97 Å². The minimum atomic E-state index is 0.697. The molecule has 2 aromatic carbocycles. The van der Waals surface area contributed by atoms with E-state index in [1.165, 1.54) is 0 Å². The maximum absolute atomic E-state index is 5.54. The standard InChI is InChI=1S/C21H21N3O2/c1-25-20-10-6-5-9-17(20)19-15-18(16-7-3-2-4-8-16)22-21(23-19)24-11-13-26-14-12-24/h2-10,15H,11-14H2,1H3. The van der Waals surface area contributed by atoms with Crippen molar-refractivity contribution in [1.29, 1.82) is 0 Å². The number of ether oxygens (including phenoxy) is 2. The average molecular weight is 347 g/mol. The molecule has 0 spiro atoms. The van der Waals surface area contributed by atoms with Gasteiger partial charge in [-0.15, -0.1) is 0 Å².